The van der Waals surface area contributed by atoms with E-state index in [4.69, 9.17) is 4.74 Å². The Labute approximate surface area is 94.6 Å². The molecule has 0 spiro atoms. The lowest BCUT2D eigenvalue weighted by atomic mass is 9.92. The summed E-state index contributed by atoms with van der Waals surface area (Å²) >= 11 is 3.42. The molecular weight excluding hydrogens is 240 g/mol. The SMILES string of the molecule is CCC(C)(C)COc1cccc(Br)c1. The van der Waals surface area contributed by atoms with E-state index in [0.29, 0.717) is 0 Å². The third kappa shape index (κ3) is 3.70. The minimum Gasteiger partial charge on any atom is -0.493 e. The number of rotatable bonds is 4. The van der Waals surface area contributed by atoms with E-state index in [0.717, 1.165) is 23.2 Å². The van der Waals surface area contributed by atoms with Gasteiger partial charge in [-0.15, -0.1) is 0 Å². The monoisotopic (exact) mass is 256 g/mol. The molecule has 0 N–H and O–H groups in total. The van der Waals surface area contributed by atoms with Gasteiger partial charge in [0.05, 0.1) is 6.61 Å². The maximum absolute atomic E-state index is 5.71. The van der Waals surface area contributed by atoms with Crippen LogP contribution in [0.15, 0.2) is 28.7 Å². The zero-order chi connectivity index (χ0) is 10.6. The fourth-order valence-corrected chi connectivity index (χ4v) is 1.32. The summed E-state index contributed by atoms with van der Waals surface area (Å²) in [6.45, 7) is 7.38. The first-order valence-electron chi connectivity index (χ1n) is 4.92. The molecule has 0 heterocycles. The van der Waals surface area contributed by atoms with Crippen LogP contribution >= 0.6 is 15.9 Å². The van der Waals surface area contributed by atoms with Gasteiger partial charge in [0, 0.05) is 4.47 Å². The number of hydrogen-bond donors (Lipinski definition) is 0. The lowest BCUT2D eigenvalue weighted by Crippen LogP contribution is -2.20. The highest BCUT2D eigenvalue weighted by molar-refractivity contribution is 9.10. The van der Waals surface area contributed by atoms with Gasteiger partial charge >= 0.3 is 0 Å². The minimum absolute atomic E-state index is 0.252. The fourth-order valence-electron chi connectivity index (χ4n) is 0.938. The first kappa shape index (κ1) is 11.6. The summed E-state index contributed by atoms with van der Waals surface area (Å²) in [5.74, 6) is 0.931. The number of benzene rings is 1. The second kappa shape index (κ2) is 4.83. The van der Waals surface area contributed by atoms with Crippen molar-refractivity contribution in [1.82, 2.24) is 0 Å². The Morgan fingerprint density at radius 1 is 1.36 bits per heavy atom. The fraction of sp³-hybridized carbons (Fsp3) is 0.500. The molecule has 78 valence electrons. The van der Waals surface area contributed by atoms with Gasteiger partial charge in [-0.1, -0.05) is 42.8 Å². The first-order chi connectivity index (χ1) is 6.53. The normalized spacial score (nSPS) is 11.4. The molecule has 0 amide bonds. The van der Waals surface area contributed by atoms with Crippen LogP contribution < -0.4 is 4.74 Å². The molecule has 1 nitrogen and oxygen atoms in total. The molecule has 0 aliphatic heterocycles. The number of hydrogen-bond acceptors (Lipinski definition) is 1. The van der Waals surface area contributed by atoms with Crippen molar-refractivity contribution < 1.29 is 4.74 Å². The van der Waals surface area contributed by atoms with Crippen molar-refractivity contribution in [3.63, 3.8) is 0 Å². The van der Waals surface area contributed by atoms with Crippen LogP contribution in [0, 0.1) is 5.41 Å². The molecule has 14 heavy (non-hydrogen) atoms. The topological polar surface area (TPSA) is 9.23 Å². The summed E-state index contributed by atoms with van der Waals surface area (Å²) in [7, 11) is 0. The molecule has 0 atom stereocenters. The Bertz CT molecular complexity index is 294. The van der Waals surface area contributed by atoms with E-state index >= 15 is 0 Å². The molecule has 1 rings (SSSR count). The van der Waals surface area contributed by atoms with Gasteiger partial charge in [0.1, 0.15) is 5.75 Å². The van der Waals surface area contributed by atoms with Gasteiger partial charge in [-0.2, -0.15) is 0 Å². The third-order valence-electron chi connectivity index (χ3n) is 2.38. The molecule has 2 heteroatoms. The smallest absolute Gasteiger partial charge is 0.120 e. The maximum Gasteiger partial charge on any atom is 0.120 e. The van der Waals surface area contributed by atoms with E-state index in [1.54, 1.807) is 0 Å². The zero-order valence-corrected chi connectivity index (χ0v) is 10.6. The van der Waals surface area contributed by atoms with Crippen LogP contribution in [-0.2, 0) is 0 Å². The highest BCUT2D eigenvalue weighted by Gasteiger charge is 2.15. The first-order valence-corrected chi connectivity index (χ1v) is 5.71. The quantitative estimate of drug-likeness (QED) is 0.782. The van der Waals surface area contributed by atoms with Crippen LogP contribution in [0.4, 0.5) is 0 Å². The molecular formula is C12H17BrO. The van der Waals surface area contributed by atoms with Gasteiger partial charge in [-0.25, -0.2) is 0 Å². The van der Waals surface area contributed by atoms with Crippen LogP contribution in [0.1, 0.15) is 27.2 Å². The Kier molecular flexibility index (Phi) is 3.99. The second-order valence-corrected chi connectivity index (χ2v) is 5.18. The Hall–Kier alpha value is -0.500. The molecule has 0 saturated heterocycles. The van der Waals surface area contributed by atoms with Crippen molar-refractivity contribution in [1.29, 1.82) is 0 Å². The minimum atomic E-state index is 0.252. The van der Waals surface area contributed by atoms with Crippen molar-refractivity contribution >= 4 is 15.9 Å². The van der Waals surface area contributed by atoms with Crippen molar-refractivity contribution in [2.45, 2.75) is 27.2 Å². The molecule has 1 aromatic carbocycles. The summed E-state index contributed by atoms with van der Waals surface area (Å²) in [5, 5.41) is 0. The van der Waals surface area contributed by atoms with E-state index in [1.165, 1.54) is 0 Å². The molecule has 0 bridgehead atoms. The summed E-state index contributed by atoms with van der Waals surface area (Å²) in [5.41, 5.74) is 0.252. The maximum atomic E-state index is 5.71. The van der Waals surface area contributed by atoms with E-state index in [9.17, 15) is 0 Å². The second-order valence-electron chi connectivity index (χ2n) is 4.26. The standard InChI is InChI=1S/C12H17BrO/c1-4-12(2,3)9-14-11-7-5-6-10(13)8-11/h5-8H,4,9H2,1-3H3. The molecule has 0 aliphatic rings. The highest BCUT2D eigenvalue weighted by atomic mass is 79.9. The summed E-state index contributed by atoms with van der Waals surface area (Å²) in [6.07, 6.45) is 1.13. The van der Waals surface area contributed by atoms with Crippen LogP contribution in [-0.4, -0.2) is 6.61 Å². The third-order valence-corrected chi connectivity index (χ3v) is 2.88. The van der Waals surface area contributed by atoms with Crippen LogP contribution in [0.25, 0.3) is 0 Å². The average Bonchev–Trinajstić information content (AvgIpc) is 2.15. The molecule has 0 saturated carbocycles. The Balaban J connectivity index is 2.54. The van der Waals surface area contributed by atoms with Crippen molar-refractivity contribution in [3.8, 4) is 5.75 Å². The van der Waals surface area contributed by atoms with E-state index in [2.05, 4.69) is 36.7 Å². The number of halogens is 1. The molecule has 1 aromatic rings. The zero-order valence-electron chi connectivity index (χ0n) is 9.01. The lowest BCUT2D eigenvalue weighted by molar-refractivity contribution is 0.175. The molecule has 0 radical (unpaired) electrons. The molecule has 0 aliphatic carbocycles. The van der Waals surface area contributed by atoms with Gasteiger partial charge in [-0.05, 0) is 30.0 Å². The van der Waals surface area contributed by atoms with Crippen molar-refractivity contribution in [3.05, 3.63) is 28.7 Å². The molecule has 0 aromatic heterocycles. The van der Waals surface area contributed by atoms with Gasteiger partial charge in [0.25, 0.3) is 0 Å². The predicted octanol–water partition coefficient (Wildman–Crippen LogP) is 4.26. The van der Waals surface area contributed by atoms with Gasteiger partial charge in [0.2, 0.25) is 0 Å². The van der Waals surface area contributed by atoms with Gasteiger partial charge in [-0.3, -0.25) is 0 Å². The molecule has 0 fully saturated rings. The van der Waals surface area contributed by atoms with Gasteiger partial charge < -0.3 is 4.74 Å². The van der Waals surface area contributed by atoms with E-state index in [1.807, 2.05) is 24.3 Å². The average molecular weight is 257 g/mol. The largest absolute Gasteiger partial charge is 0.493 e. The van der Waals surface area contributed by atoms with Gasteiger partial charge in [0.15, 0.2) is 0 Å². The Morgan fingerprint density at radius 3 is 2.64 bits per heavy atom. The highest BCUT2D eigenvalue weighted by Crippen LogP contribution is 2.23. The molecule has 0 unspecified atom stereocenters. The summed E-state index contributed by atoms with van der Waals surface area (Å²) in [6, 6.07) is 7.96. The van der Waals surface area contributed by atoms with Crippen LogP contribution in [0.3, 0.4) is 0 Å². The van der Waals surface area contributed by atoms with Crippen molar-refractivity contribution in [2.24, 2.45) is 5.41 Å². The summed E-state index contributed by atoms with van der Waals surface area (Å²) < 4.78 is 6.77. The Morgan fingerprint density at radius 2 is 2.07 bits per heavy atom. The number of ether oxygens (including phenoxy) is 1. The van der Waals surface area contributed by atoms with Crippen LogP contribution in [0.2, 0.25) is 0 Å². The predicted molar refractivity (Wildman–Crippen MR) is 63.7 cm³/mol. The lowest BCUT2D eigenvalue weighted by Gasteiger charge is -2.22. The van der Waals surface area contributed by atoms with Crippen LogP contribution in [0.5, 0.6) is 5.75 Å². The van der Waals surface area contributed by atoms with Crippen molar-refractivity contribution in [2.75, 3.05) is 6.61 Å². The van der Waals surface area contributed by atoms with E-state index in [-0.39, 0.29) is 5.41 Å². The summed E-state index contributed by atoms with van der Waals surface area (Å²) in [4.78, 5) is 0. The van der Waals surface area contributed by atoms with E-state index < -0.39 is 0 Å².